The third-order valence-corrected chi connectivity index (χ3v) is 4.13. The topological polar surface area (TPSA) is 12.0 Å². The quantitative estimate of drug-likeness (QED) is 0.656. The summed E-state index contributed by atoms with van der Waals surface area (Å²) >= 11 is 8.45. The zero-order valence-electron chi connectivity index (χ0n) is 11.6. The molecule has 0 heterocycles. The van der Waals surface area contributed by atoms with Gasteiger partial charge >= 0.3 is 0 Å². The van der Waals surface area contributed by atoms with Crippen LogP contribution < -0.4 is 5.32 Å². The summed E-state index contributed by atoms with van der Waals surface area (Å²) in [7, 11) is 0. The average molecular weight is 400 g/mol. The molecule has 0 saturated carbocycles. The lowest BCUT2D eigenvalue weighted by Gasteiger charge is -2.19. The van der Waals surface area contributed by atoms with E-state index in [1.807, 2.05) is 12.1 Å². The van der Waals surface area contributed by atoms with Gasteiger partial charge in [-0.3, -0.25) is 0 Å². The van der Waals surface area contributed by atoms with E-state index in [9.17, 15) is 0 Å². The second-order valence-corrected chi connectivity index (χ2v) is 6.58. The molecule has 106 valence electrons. The van der Waals surface area contributed by atoms with Gasteiger partial charge in [-0.15, -0.1) is 0 Å². The van der Waals surface area contributed by atoms with E-state index in [0.717, 1.165) is 24.4 Å². The van der Waals surface area contributed by atoms with Gasteiger partial charge < -0.3 is 5.32 Å². The molecule has 1 atom stereocenters. The number of halogens is 2. The van der Waals surface area contributed by atoms with Crippen molar-refractivity contribution in [3.05, 3.63) is 68.3 Å². The molecule has 2 aromatic carbocycles. The number of hydrogen-bond donors (Lipinski definition) is 1. The van der Waals surface area contributed by atoms with Crippen molar-refractivity contribution >= 4 is 34.2 Å². The fourth-order valence-corrected chi connectivity index (χ4v) is 3.03. The highest BCUT2D eigenvalue weighted by Gasteiger charge is 2.12. The highest BCUT2D eigenvalue weighted by Crippen LogP contribution is 2.22. The Hall–Kier alpha value is -0.580. The molecule has 0 amide bonds. The van der Waals surface area contributed by atoms with Gasteiger partial charge in [-0.25, -0.2) is 0 Å². The van der Waals surface area contributed by atoms with Crippen LogP contribution in [-0.4, -0.2) is 6.54 Å². The molecule has 1 N–H and O–H groups in total. The summed E-state index contributed by atoms with van der Waals surface area (Å²) in [6.07, 6.45) is 2.09. The fourth-order valence-electron chi connectivity index (χ4n) is 2.25. The Morgan fingerprint density at radius 3 is 2.65 bits per heavy atom. The van der Waals surface area contributed by atoms with Crippen LogP contribution in [-0.2, 0) is 6.42 Å². The van der Waals surface area contributed by atoms with E-state index < -0.39 is 0 Å². The minimum absolute atomic E-state index is 0.336. The van der Waals surface area contributed by atoms with Gasteiger partial charge in [0, 0.05) is 14.6 Å². The molecule has 0 bridgehead atoms. The molecule has 1 unspecified atom stereocenters. The van der Waals surface area contributed by atoms with E-state index in [4.69, 9.17) is 11.6 Å². The second kappa shape index (κ2) is 8.01. The maximum Gasteiger partial charge on any atom is 0.0408 e. The van der Waals surface area contributed by atoms with Crippen LogP contribution in [0.5, 0.6) is 0 Å². The Morgan fingerprint density at radius 1 is 1.15 bits per heavy atom. The minimum atomic E-state index is 0.336. The first-order chi connectivity index (χ1) is 9.69. The normalized spacial score (nSPS) is 12.3. The average Bonchev–Trinajstić information content (AvgIpc) is 2.43. The molecule has 0 radical (unpaired) electrons. The third kappa shape index (κ3) is 4.76. The molecule has 0 fully saturated rings. The Morgan fingerprint density at radius 2 is 1.95 bits per heavy atom. The van der Waals surface area contributed by atoms with E-state index in [1.54, 1.807) is 0 Å². The summed E-state index contributed by atoms with van der Waals surface area (Å²) < 4.78 is 1.27. The predicted octanol–water partition coefficient (Wildman–Crippen LogP) is 5.23. The molecular formula is C17H19ClIN. The van der Waals surface area contributed by atoms with Crippen LogP contribution in [0.4, 0.5) is 0 Å². The van der Waals surface area contributed by atoms with Crippen LogP contribution in [0.25, 0.3) is 0 Å². The van der Waals surface area contributed by atoms with Crippen LogP contribution in [0.3, 0.4) is 0 Å². The monoisotopic (exact) mass is 399 g/mol. The summed E-state index contributed by atoms with van der Waals surface area (Å²) in [6.45, 7) is 3.22. The molecule has 0 spiro atoms. The molecule has 0 aromatic heterocycles. The third-order valence-electron chi connectivity index (χ3n) is 3.22. The molecule has 2 aromatic rings. The molecule has 2 rings (SSSR count). The van der Waals surface area contributed by atoms with E-state index in [2.05, 4.69) is 71.2 Å². The van der Waals surface area contributed by atoms with Gasteiger partial charge in [0.25, 0.3) is 0 Å². The molecule has 1 nitrogen and oxygen atoms in total. The Bertz CT molecular complexity index is 556. The van der Waals surface area contributed by atoms with Gasteiger partial charge in [0.15, 0.2) is 0 Å². The maximum atomic E-state index is 6.08. The molecule has 0 aliphatic heterocycles. The van der Waals surface area contributed by atoms with Crippen molar-refractivity contribution in [2.45, 2.75) is 25.8 Å². The molecule has 0 aliphatic rings. The molecule has 0 saturated heterocycles. The van der Waals surface area contributed by atoms with E-state index >= 15 is 0 Å². The Balaban J connectivity index is 2.19. The highest BCUT2D eigenvalue weighted by atomic mass is 127. The highest BCUT2D eigenvalue weighted by molar-refractivity contribution is 14.1. The first-order valence-electron chi connectivity index (χ1n) is 6.92. The van der Waals surface area contributed by atoms with E-state index in [0.29, 0.717) is 6.04 Å². The number of benzene rings is 2. The van der Waals surface area contributed by atoms with Crippen molar-refractivity contribution in [2.24, 2.45) is 0 Å². The van der Waals surface area contributed by atoms with E-state index in [-0.39, 0.29) is 0 Å². The number of rotatable bonds is 6. The van der Waals surface area contributed by atoms with Crippen molar-refractivity contribution < 1.29 is 0 Å². The summed E-state index contributed by atoms with van der Waals surface area (Å²) in [5, 5.41) is 4.44. The summed E-state index contributed by atoms with van der Waals surface area (Å²) in [5.74, 6) is 0. The van der Waals surface area contributed by atoms with Crippen LogP contribution in [0, 0.1) is 3.57 Å². The van der Waals surface area contributed by atoms with Crippen molar-refractivity contribution in [3.8, 4) is 0 Å². The standard InChI is InChI=1S/C17H19ClIN/c1-2-9-20-17(14-6-4-8-16(19)12-14)11-13-5-3-7-15(18)10-13/h3-8,10,12,17,20H,2,9,11H2,1H3. The SMILES string of the molecule is CCCNC(Cc1cccc(Cl)c1)c1cccc(I)c1. The van der Waals surface area contributed by atoms with Crippen LogP contribution in [0.2, 0.25) is 5.02 Å². The predicted molar refractivity (Wildman–Crippen MR) is 95.3 cm³/mol. The van der Waals surface area contributed by atoms with Crippen LogP contribution >= 0.6 is 34.2 Å². The molecule has 0 aliphatic carbocycles. The first-order valence-corrected chi connectivity index (χ1v) is 8.38. The van der Waals surface area contributed by atoms with Gasteiger partial charge in [0.2, 0.25) is 0 Å². The lowest BCUT2D eigenvalue weighted by Crippen LogP contribution is -2.24. The fraction of sp³-hybridized carbons (Fsp3) is 0.294. The number of nitrogens with one attached hydrogen (secondary N) is 1. The zero-order chi connectivity index (χ0) is 14.4. The summed E-state index contributed by atoms with van der Waals surface area (Å²) in [6, 6.07) is 17.2. The van der Waals surface area contributed by atoms with E-state index in [1.165, 1.54) is 14.7 Å². The van der Waals surface area contributed by atoms with Crippen molar-refractivity contribution in [1.82, 2.24) is 5.32 Å². The molecule has 20 heavy (non-hydrogen) atoms. The van der Waals surface area contributed by atoms with Crippen molar-refractivity contribution in [1.29, 1.82) is 0 Å². The Kier molecular flexibility index (Phi) is 6.33. The first kappa shape index (κ1) is 15.8. The Labute approximate surface area is 139 Å². The second-order valence-electron chi connectivity index (χ2n) is 4.90. The zero-order valence-corrected chi connectivity index (χ0v) is 14.5. The smallest absolute Gasteiger partial charge is 0.0408 e. The van der Waals surface area contributed by atoms with Gasteiger partial charge in [-0.05, 0) is 77.4 Å². The summed E-state index contributed by atoms with van der Waals surface area (Å²) in [4.78, 5) is 0. The van der Waals surface area contributed by atoms with Crippen LogP contribution in [0.15, 0.2) is 48.5 Å². The van der Waals surface area contributed by atoms with Crippen molar-refractivity contribution in [3.63, 3.8) is 0 Å². The van der Waals surface area contributed by atoms with Gasteiger partial charge in [-0.2, -0.15) is 0 Å². The lowest BCUT2D eigenvalue weighted by molar-refractivity contribution is 0.529. The van der Waals surface area contributed by atoms with Gasteiger partial charge in [0.05, 0.1) is 0 Å². The minimum Gasteiger partial charge on any atom is -0.310 e. The van der Waals surface area contributed by atoms with Gasteiger partial charge in [0.1, 0.15) is 0 Å². The lowest BCUT2D eigenvalue weighted by atomic mass is 9.99. The summed E-state index contributed by atoms with van der Waals surface area (Å²) in [5.41, 5.74) is 2.61. The molecule has 3 heteroatoms. The van der Waals surface area contributed by atoms with Gasteiger partial charge in [-0.1, -0.05) is 42.8 Å². The largest absolute Gasteiger partial charge is 0.310 e. The molecular weight excluding hydrogens is 381 g/mol. The maximum absolute atomic E-state index is 6.08. The van der Waals surface area contributed by atoms with Crippen molar-refractivity contribution in [2.75, 3.05) is 6.54 Å². The number of hydrogen-bond acceptors (Lipinski definition) is 1. The van der Waals surface area contributed by atoms with Crippen LogP contribution in [0.1, 0.15) is 30.5 Å².